The van der Waals surface area contributed by atoms with Crippen molar-refractivity contribution in [2.24, 2.45) is 0 Å². The topological polar surface area (TPSA) is 138 Å². The van der Waals surface area contributed by atoms with E-state index in [2.05, 4.69) is 0 Å². The number of nitro benzene ring substituents is 1. The van der Waals surface area contributed by atoms with Crippen molar-refractivity contribution in [3.8, 4) is 0 Å². The lowest BCUT2D eigenvalue weighted by atomic mass is 10.0. The predicted octanol–water partition coefficient (Wildman–Crippen LogP) is 2.72. The van der Waals surface area contributed by atoms with Gasteiger partial charge in [-0.25, -0.2) is 4.79 Å². The molecule has 0 amide bonds. The lowest BCUT2D eigenvalue weighted by molar-refractivity contribution is -0.384. The molecule has 144 valence electrons. The number of nitrogens with zero attached hydrogens (tertiary/aromatic N) is 1. The Hall–Kier alpha value is -2.13. The zero-order valence-electron chi connectivity index (χ0n) is 14.3. The number of hydrogen-bond donors (Lipinski definition) is 3. The minimum Gasteiger partial charge on any atom is -0.481 e. The average Bonchev–Trinajstić information content (AvgIpc) is 2.56. The molecule has 8 nitrogen and oxygen atoms in total. The number of non-ortho nitro benzene ring substituents is 1. The number of hydrogen-bond acceptors (Lipinski definition) is 6. The van der Waals surface area contributed by atoms with E-state index >= 15 is 0 Å². The van der Waals surface area contributed by atoms with Crippen LogP contribution in [0.3, 0.4) is 0 Å². The third-order valence-electron chi connectivity index (χ3n) is 3.83. The van der Waals surface area contributed by atoms with Gasteiger partial charge in [0, 0.05) is 17.9 Å². The molecule has 9 heteroatoms. The highest BCUT2D eigenvalue weighted by Crippen LogP contribution is 2.20. The molecule has 0 spiro atoms. The number of rotatable bonds is 13. The Kier molecular flexibility index (Phi) is 9.08. The second kappa shape index (κ2) is 10.8. The molecule has 0 bridgehead atoms. The molecule has 0 aliphatic heterocycles. The van der Waals surface area contributed by atoms with Gasteiger partial charge in [0.1, 0.15) is 0 Å². The lowest BCUT2D eigenvalue weighted by Crippen LogP contribution is -2.43. The number of carboxylic acids is 2. The minimum atomic E-state index is -2.23. The van der Waals surface area contributed by atoms with Gasteiger partial charge in [0.2, 0.25) is 0 Å². The molecule has 3 N–H and O–H groups in total. The van der Waals surface area contributed by atoms with Gasteiger partial charge in [-0.1, -0.05) is 25.0 Å². The molecule has 1 aromatic carbocycles. The van der Waals surface area contributed by atoms with E-state index in [1.165, 1.54) is 23.9 Å². The summed E-state index contributed by atoms with van der Waals surface area (Å²) in [5.41, 5.74) is -1.10. The molecule has 1 atom stereocenters. The van der Waals surface area contributed by atoms with Crippen molar-refractivity contribution in [2.75, 3.05) is 11.5 Å². The van der Waals surface area contributed by atoms with Crippen LogP contribution in [0.25, 0.3) is 0 Å². The normalized spacial score (nSPS) is 13.1. The van der Waals surface area contributed by atoms with Crippen molar-refractivity contribution < 1.29 is 29.8 Å². The first-order valence-electron chi connectivity index (χ1n) is 8.23. The van der Waals surface area contributed by atoms with Crippen LogP contribution in [0.15, 0.2) is 24.3 Å². The van der Waals surface area contributed by atoms with Crippen molar-refractivity contribution in [1.82, 2.24) is 0 Å². The SMILES string of the molecule is O=C(O)C[C@@](O)(CSCCCCCCc1ccc([N+](=O)[O-])cc1)C(=O)O. The summed E-state index contributed by atoms with van der Waals surface area (Å²) >= 11 is 1.23. The summed E-state index contributed by atoms with van der Waals surface area (Å²) in [6.07, 6.45) is 3.71. The van der Waals surface area contributed by atoms with E-state index in [4.69, 9.17) is 10.2 Å². The molecule has 1 rings (SSSR count). The smallest absolute Gasteiger partial charge is 0.337 e. The number of aryl methyl sites for hydroxylation is 1. The van der Waals surface area contributed by atoms with Crippen LogP contribution in [0.2, 0.25) is 0 Å². The Bertz CT molecular complexity index is 620. The van der Waals surface area contributed by atoms with E-state index in [-0.39, 0.29) is 11.4 Å². The molecule has 0 aromatic heterocycles. The Balaban J connectivity index is 2.16. The standard InChI is InChI=1S/C17H23NO7S/c19-15(20)11-17(23,16(21)22)12-26-10-4-2-1-3-5-13-6-8-14(9-7-13)18(24)25/h6-9,23H,1-5,10-12H2,(H,19,20)(H,21,22)/t17-/m1/s1. The van der Waals surface area contributed by atoms with E-state index in [9.17, 15) is 24.8 Å². The van der Waals surface area contributed by atoms with Crippen molar-refractivity contribution in [3.05, 3.63) is 39.9 Å². The van der Waals surface area contributed by atoms with Crippen molar-refractivity contribution in [1.29, 1.82) is 0 Å². The molecule has 0 saturated heterocycles. The van der Waals surface area contributed by atoms with Gasteiger partial charge in [-0.15, -0.1) is 0 Å². The summed E-state index contributed by atoms with van der Waals surface area (Å²) in [5.74, 6) is -2.37. The van der Waals surface area contributed by atoms with Crippen LogP contribution in [-0.2, 0) is 16.0 Å². The van der Waals surface area contributed by atoms with E-state index in [1.807, 2.05) is 0 Å². The number of benzene rings is 1. The second-order valence-electron chi connectivity index (χ2n) is 6.05. The number of unbranched alkanes of at least 4 members (excludes halogenated alkanes) is 3. The number of nitro groups is 1. The molecular weight excluding hydrogens is 362 g/mol. The highest BCUT2D eigenvalue weighted by molar-refractivity contribution is 7.99. The first-order chi connectivity index (χ1) is 12.2. The fraction of sp³-hybridized carbons (Fsp3) is 0.529. The van der Waals surface area contributed by atoms with Crippen LogP contribution in [0.1, 0.15) is 37.7 Å². The van der Waals surface area contributed by atoms with Gasteiger partial charge < -0.3 is 15.3 Å². The molecule has 0 radical (unpaired) electrons. The summed E-state index contributed by atoms with van der Waals surface area (Å²) in [7, 11) is 0. The van der Waals surface area contributed by atoms with Gasteiger partial charge >= 0.3 is 11.9 Å². The van der Waals surface area contributed by atoms with E-state index in [1.54, 1.807) is 12.1 Å². The second-order valence-corrected chi connectivity index (χ2v) is 7.15. The summed E-state index contributed by atoms with van der Waals surface area (Å²) in [4.78, 5) is 31.8. The minimum absolute atomic E-state index is 0.0787. The van der Waals surface area contributed by atoms with E-state index in [0.717, 1.165) is 37.7 Å². The monoisotopic (exact) mass is 385 g/mol. The summed E-state index contributed by atoms with van der Waals surface area (Å²) in [6.45, 7) is 0. The number of carboxylic acid groups (broad SMARTS) is 2. The first kappa shape index (κ1) is 21.9. The molecule has 0 fully saturated rings. The zero-order valence-corrected chi connectivity index (χ0v) is 15.1. The number of thioether (sulfide) groups is 1. The average molecular weight is 385 g/mol. The fourth-order valence-electron chi connectivity index (χ4n) is 2.35. The van der Waals surface area contributed by atoms with Gasteiger partial charge in [0.05, 0.1) is 11.3 Å². The number of aliphatic hydroxyl groups is 1. The molecule has 0 saturated carbocycles. The predicted molar refractivity (Wildman–Crippen MR) is 97.4 cm³/mol. The Morgan fingerprint density at radius 1 is 1.08 bits per heavy atom. The van der Waals surface area contributed by atoms with Gasteiger partial charge in [0.25, 0.3) is 5.69 Å². The maximum atomic E-state index is 11.0. The van der Waals surface area contributed by atoms with Crippen molar-refractivity contribution >= 4 is 29.4 Å². The molecule has 0 unspecified atom stereocenters. The Morgan fingerprint density at radius 2 is 1.69 bits per heavy atom. The van der Waals surface area contributed by atoms with E-state index in [0.29, 0.717) is 5.75 Å². The van der Waals surface area contributed by atoms with Crippen LogP contribution in [-0.4, -0.2) is 49.3 Å². The van der Waals surface area contributed by atoms with Crippen LogP contribution < -0.4 is 0 Å². The third kappa shape index (κ3) is 7.83. The summed E-state index contributed by atoms with van der Waals surface area (Å²) in [6, 6.07) is 6.49. The summed E-state index contributed by atoms with van der Waals surface area (Å²) in [5, 5.41) is 38.0. The first-order valence-corrected chi connectivity index (χ1v) is 9.39. The third-order valence-corrected chi connectivity index (χ3v) is 5.09. The number of carbonyl (C=O) groups is 2. The maximum absolute atomic E-state index is 11.0. The van der Waals surface area contributed by atoms with Gasteiger partial charge in [-0.3, -0.25) is 14.9 Å². The van der Waals surface area contributed by atoms with E-state index < -0.39 is 28.9 Å². The van der Waals surface area contributed by atoms with Crippen LogP contribution in [0.4, 0.5) is 5.69 Å². The molecule has 0 heterocycles. The van der Waals surface area contributed by atoms with Crippen molar-refractivity contribution in [3.63, 3.8) is 0 Å². The van der Waals surface area contributed by atoms with Gasteiger partial charge in [0.15, 0.2) is 5.60 Å². The molecule has 0 aliphatic rings. The van der Waals surface area contributed by atoms with Crippen LogP contribution >= 0.6 is 11.8 Å². The van der Waals surface area contributed by atoms with Crippen LogP contribution in [0.5, 0.6) is 0 Å². The van der Waals surface area contributed by atoms with Crippen molar-refractivity contribution in [2.45, 2.75) is 44.1 Å². The molecule has 0 aliphatic carbocycles. The summed E-state index contributed by atoms with van der Waals surface area (Å²) < 4.78 is 0. The van der Waals surface area contributed by atoms with Crippen LogP contribution in [0, 0.1) is 10.1 Å². The molecule has 26 heavy (non-hydrogen) atoms. The zero-order chi connectivity index (χ0) is 19.6. The largest absolute Gasteiger partial charge is 0.481 e. The molecule has 1 aromatic rings. The fourth-order valence-corrected chi connectivity index (χ4v) is 3.47. The molecular formula is C17H23NO7S. The lowest BCUT2D eigenvalue weighted by Gasteiger charge is -2.20. The Morgan fingerprint density at radius 3 is 2.23 bits per heavy atom. The van der Waals surface area contributed by atoms with Gasteiger partial charge in [-0.05, 0) is 30.6 Å². The number of aliphatic carboxylic acids is 2. The Labute approximate surface area is 155 Å². The maximum Gasteiger partial charge on any atom is 0.337 e. The van der Waals surface area contributed by atoms with Gasteiger partial charge in [-0.2, -0.15) is 11.8 Å². The quantitative estimate of drug-likeness (QED) is 0.268. The highest BCUT2D eigenvalue weighted by Gasteiger charge is 2.38. The highest BCUT2D eigenvalue weighted by atomic mass is 32.2.